The molecule has 0 aliphatic heterocycles. The van der Waals surface area contributed by atoms with Crippen molar-refractivity contribution in [3.05, 3.63) is 63.0 Å². The maximum absolute atomic E-state index is 13.3. The summed E-state index contributed by atoms with van der Waals surface area (Å²) >= 11 is 5.87. The zero-order valence-corrected chi connectivity index (χ0v) is 13.4. The number of benzene rings is 2. The summed E-state index contributed by atoms with van der Waals surface area (Å²) in [6.45, 7) is 1.64. The van der Waals surface area contributed by atoms with Crippen LogP contribution in [0.15, 0.2) is 45.6 Å². The molecule has 1 heterocycles. The number of hydrogen-bond donors (Lipinski definition) is 1. The van der Waals surface area contributed by atoms with E-state index < -0.39 is 28.7 Å². The summed E-state index contributed by atoms with van der Waals surface area (Å²) in [6, 6.07) is 7.46. The molecule has 0 radical (unpaired) electrons. The van der Waals surface area contributed by atoms with Crippen LogP contribution < -0.4 is 10.2 Å². The number of phenols is 1. The van der Waals surface area contributed by atoms with Crippen LogP contribution in [0, 0.1) is 6.92 Å². The lowest BCUT2D eigenvalue weighted by Crippen LogP contribution is -2.15. The van der Waals surface area contributed by atoms with Gasteiger partial charge in [0.15, 0.2) is 0 Å². The van der Waals surface area contributed by atoms with Crippen molar-refractivity contribution >= 4 is 22.6 Å². The normalized spacial score (nSPS) is 11.7. The highest BCUT2D eigenvalue weighted by Crippen LogP contribution is 2.38. The van der Waals surface area contributed by atoms with Crippen LogP contribution >= 0.6 is 11.6 Å². The van der Waals surface area contributed by atoms with Crippen LogP contribution in [0.4, 0.5) is 13.2 Å². The number of aromatic hydroxyl groups is 1. The third-order valence-corrected chi connectivity index (χ3v) is 3.87. The lowest BCUT2D eigenvalue weighted by Gasteiger charge is -2.13. The average Bonchev–Trinajstić information content (AvgIpc) is 2.52. The van der Waals surface area contributed by atoms with E-state index in [9.17, 15) is 23.1 Å². The maximum Gasteiger partial charge on any atom is 0.453 e. The summed E-state index contributed by atoms with van der Waals surface area (Å²) in [5, 5.41) is 9.65. The van der Waals surface area contributed by atoms with Crippen molar-refractivity contribution in [2.24, 2.45) is 0 Å². The van der Waals surface area contributed by atoms with E-state index in [1.165, 1.54) is 24.3 Å². The van der Waals surface area contributed by atoms with Gasteiger partial charge in [0.05, 0.1) is 5.39 Å². The molecule has 0 bridgehead atoms. The number of aryl methyl sites for hydroxylation is 1. The van der Waals surface area contributed by atoms with E-state index >= 15 is 0 Å². The van der Waals surface area contributed by atoms with E-state index in [1.54, 1.807) is 6.92 Å². The van der Waals surface area contributed by atoms with Crippen molar-refractivity contribution in [2.75, 3.05) is 0 Å². The van der Waals surface area contributed by atoms with E-state index in [-0.39, 0.29) is 16.9 Å². The number of hydrogen-bond acceptors (Lipinski definition) is 4. The van der Waals surface area contributed by atoms with Crippen LogP contribution in [-0.4, -0.2) is 5.11 Å². The van der Waals surface area contributed by atoms with Gasteiger partial charge in [-0.1, -0.05) is 11.6 Å². The molecule has 0 spiro atoms. The van der Waals surface area contributed by atoms with Crippen LogP contribution in [0.25, 0.3) is 11.0 Å². The Bertz CT molecular complexity index is 1020. The molecule has 0 unspecified atom stereocenters. The fourth-order valence-electron chi connectivity index (χ4n) is 2.24. The lowest BCUT2D eigenvalue weighted by molar-refractivity contribution is -0.154. The molecule has 0 amide bonds. The fourth-order valence-corrected chi connectivity index (χ4v) is 2.36. The van der Waals surface area contributed by atoms with E-state index in [2.05, 4.69) is 0 Å². The first-order chi connectivity index (χ1) is 11.7. The fraction of sp³-hybridized carbons (Fsp3) is 0.118. The Kier molecular flexibility index (Phi) is 4.12. The average molecular weight is 371 g/mol. The first kappa shape index (κ1) is 17.2. The zero-order chi connectivity index (χ0) is 18.4. The summed E-state index contributed by atoms with van der Waals surface area (Å²) < 4.78 is 49.9. The first-order valence-electron chi connectivity index (χ1n) is 6.98. The van der Waals surface area contributed by atoms with E-state index in [1.807, 2.05) is 0 Å². The third kappa shape index (κ3) is 3.28. The molecular weight excluding hydrogens is 361 g/mol. The number of halogens is 4. The highest BCUT2D eigenvalue weighted by atomic mass is 35.5. The predicted molar refractivity (Wildman–Crippen MR) is 85.4 cm³/mol. The molecule has 0 aliphatic carbocycles. The van der Waals surface area contributed by atoms with Crippen LogP contribution in [0.3, 0.4) is 0 Å². The Hall–Kier alpha value is -2.67. The third-order valence-electron chi connectivity index (χ3n) is 3.44. The Balaban J connectivity index is 2.24. The minimum Gasteiger partial charge on any atom is -0.508 e. The van der Waals surface area contributed by atoms with Crippen molar-refractivity contribution in [2.45, 2.75) is 13.1 Å². The minimum atomic E-state index is -4.96. The molecule has 25 heavy (non-hydrogen) atoms. The summed E-state index contributed by atoms with van der Waals surface area (Å²) in [4.78, 5) is 12.5. The Labute approximate surface area is 144 Å². The molecule has 130 valence electrons. The molecule has 0 saturated carbocycles. The van der Waals surface area contributed by atoms with Crippen LogP contribution in [-0.2, 0) is 6.18 Å². The van der Waals surface area contributed by atoms with Gasteiger partial charge in [0.1, 0.15) is 17.1 Å². The van der Waals surface area contributed by atoms with Gasteiger partial charge in [0.25, 0.3) is 5.76 Å². The molecule has 2 aromatic carbocycles. The minimum absolute atomic E-state index is 0.0119. The number of fused-ring (bicyclic) bond motifs is 1. The Morgan fingerprint density at radius 1 is 1.16 bits per heavy atom. The maximum atomic E-state index is 13.3. The molecule has 0 saturated heterocycles. The number of rotatable bonds is 2. The molecular formula is C17H10ClF3O4. The molecule has 1 aromatic heterocycles. The van der Waals surface area contributed by atoms with E-state index in [0.717, 1.165) is 12.1 Å². The highest BCUT2D eigenvalue weighted by Gasteiger charge is 2.40. The van der Waals surface area contributed by atoms with Gasteiger partial charge < -0.3 is 14.3 Å². The van der Waals surface area contributed by atoms with Gasteiger partial charge in [0, 0.05) is 11.1 Å². The molecule has 0 atom stereocenters. The second-order valence-corrected chi connectivity index (χ2v) is 5.69. The SMILES string of the molecule is Cc1cc(Oc2c(C(F)(F)F)oc3cc(O)ccc3c2=O)ccc1Cl. The lowest BCUT2D eigenvalue weighted by atomic mass is 10.2. The van der Waals surface area contributed by atoms with Gasteiger partial charge in [-0.15, -0.1) is 0 Å². The summed E-state index contributed by atoms with van der Waals surface area (Å²) in [5.41, 5.74) is -0.819. The molecule has 3 rings (SSSR count). The monoisotopic (exact) mass is 370 g/mol. The molecule has 8 heteroatoms. The largest absolute Gasteiger partial charge is 0.508 e. The molecule has 3 aromatic rings. The van der Waals surface area contributed by atoms with Gasteiger partial charge in [0.2, 0.25) is 11.2 Å². The summed E-state index contributed by atoms with van der Waals surface area (Å²) in [5.74, 6) is -2.88. The summed E-state index contributed by atoms with van der Waals surface area (Å²) in [6.07, 6.45) is -4.96. The van der Waals surface area contributed by atoms with Gasteiger partial charge in [-0.25, -0.2) is 0 Å². The van der Waals surface area contributed by atoms with Gasteiger partial charge in [-0.3, -0.25) is 4.79 Å². The first-order valence-corrected chi connectivity index (χ1v) is 7.35. The second kappa shape index (κ2) is 6.00. The van der Waals surface area contributed by atoms with Crippen LogP contribution in [0.5, 0.6) is 17.2 Å². The molecule has 1 N–H and O–H groups in total. The number of ether oxygens (including phenoxy) is 1. The van der Waals surface area contributed by atoms with Crippen LogP contribution in [0.1, 0.15) is 11.3 Å². The van der Waals surface area contributed by atoms with E-state index in [4.69, 9.17) is 20.8 Å². The van der Waals surface area contributed by atoms with Crippen LogP contribution in [0.2, 0.25) is 5.02 Å². The zero-order valence-electron chi connectivity index (χ0n) is 12.6. The Morgan fingerprint density at radius 3 is 2.52 bits per heavy atom. The molecule has 4 nitrogen and oxygen atoms in total. The summed E-state index contributed by atoms with van der Waals surface area (Å²) in [7, 11) is 0. The van der Waals surface area contributed by atoms with Gasteiger partial charge in [-0.2, -0.15) is 13.2 Å². The standard InChI is InChI=1S/C17H10ClF3O4/c1-8-6-10(3-5-12(8)18)24-15-14(23)11-4-2-9(22)7-13(11)25-16(15)17(19,20)21/h2-7,22H,1H3. The van der Waals surface area contributed by atoms with Crippen molar-refractivity contribution in [3.63, 3.8) is 0 Å². The van der Waals surface area contributed by atoms with Crippen molar-refractivity contribution in [1.82, 2.24) is 0 Å². The molecule has 0 fully saturated rings. The van der Waals surface area contributed by atoms with E-state index in [0.29, 0.717) is 10.6 Å². The van der Waals surface area contributed by atoms with Crippen molar-refractivity contribution in [1.29, 1.82) is 0 Å². The second-order valence-electron chi connectivity index (χ2n) is 5.28. The highest BCUT2D eigenvalue weighted by molar-refractivity contribution is 6.31. The van der Waals surface area contributed by atoms with Gasteiger partial charge in [-0.05, 0) is 42.8 Å². The number of alkyl halides is 3. The molecule has 0 aliphatic rings. The van der Waals surface area contributed by atoms with Crippen molar-refractivity contribution in [3.8, 4) is 17.2 Å². The van der Waals surface area contributed by atoms with Crippen molar-refractivity contribution < 1.29 is 27.4 Å². The Morgan fingerprint density at radius 2 is 1.88 bits per heavy atom. The topological polar surface area (TPSA) is 59.7 Å². The smallest absolute Gasteiger partial charge is 0.453 e. The van der Waals surface area contributed by atoms with Gasteiger partial charge >= 0.3 is 6.18 Å². The number of phenolic OH excluding ortho intramolecular Hbond substituents is 1. The quantitative estimate of drug-likeness (QED) is 0.667. The predicted octanol–water partition coefficient (Wildman–Crippen LogP) is 5.27.